The molecule has 2 amide bonds. The van der Waals surface area contributed by atoms with E-state index >= 15 is 0 Å². The lowest BCUT2D eigenvalue weighted by Gasteiger charge is -2.27. The SMILES string of the molecule is CC(C)(C)OC(=O)N[C@H]1CSc2cc(F)c(C(=O)CC3CC3(F)F)cc2N(Cc2ccc(F)cc2)C1=O. The van der Waals surface area contributed by atoms with E-state index in [1.54, 1.807) is 20.8 Å². The molecule has 1 saturated carbocycles. The first-order valence-corrected chi connectivity index (χ1v) is 12.6. The highest BCUT2D eigenvalue weighted by Gasteiger charge is 2.57. The average Bonchev–Trinajstić information content (AvgIpc) is 3.42. The van der Waals surface area contributed by atoms with Gasteiger partial charge in [-0.15, -0.1) is 11.8 Å². The van der Waals surface area contributed by atoms with Crippen molar-refractivity contribution in [2.24, 2.45) is 5.92 Å². The molecule has 0 saturated heterocycles. The smallest absolute Gasteiger partial charge is 0.408 e. The molecule has 2 aromatic carbocycles. The van der Waals surface area contributed by atoms with Crippen molar-refractivity contribution in [1.29, 1.82) is 0 Å². The van der Waals surface area contributed by atoms with Crippen molar-refractivity contribution < 1.29 is 36.7 Å². The van der Waals surface area contributed by atoms with E-state index in [4.69, 9.17) is 4.74 Å². The zero-order chi connectivity index (χ0) is 27.1. The lowest BCUT2D eigenvalue weighted by molar-refractivity contribution is -0.120. The van der Waals surface area contributed by atoms with E-state index in [2.05, 4.69) is 5.32 Å². The van der Waals surface area contributed by atoms with Crippen LogP contribution in [0.4, 0.5) is 28.0 Å². The van der Waals surface area contributed by atoms with Crippen LogP contribution in [-0.4, -0.2) is 41.1 Å². The maximum atomic E-state index is 15.0. The summed E-state index contributed by atoms with van der Waals surface area (Å²) in [4.78, 5) is 40.3. The van der Waals surface area contributed by atoms with Gasteiger partial charge in [0.2, 0.25) is 0 Å². The van der Waals surface area contributed by atoms with Crippen molar-refractivity contribution in [2.45, 2.75) is 62.6 Å². The van der Waals surface area contributed by atoms with E-state index < -0.39 is 71.3 Å². The number of anilines is 1. The van der Waals surface area contributed by atoms with Gasteiger partial charge < -0.3 is 15.0 Å². The Kier molecular flexibility index (Phi) is 7.29. The van der Waals surface area contributed by atoms with E-state index in [1.165, 1.54) is 35.2 Å². The van der Waals surface area contributed by atoms with Crippen molar-refractivity contribution in [1.82, 2.24) is 5.32 Å². The third kappa shape index (κ3) is 6.44. The summed E-state index contributed by atoms with van der Waals surface area (Å²) < 4.78 is 60.4. The topological polar surface area (TPSA) is 75.7 Å². The minimum Gasteiger partial charge on any atom is -0.444 e. The highest BCUT2D eigenvalue weighted by Crippen LogP contribution is 2.51. The van der Waals surface area contributed by atoms with Crippen LogP contribution in [0.25, 0.3) is 0 Å². The second-order valence-corrected chi connectivity index (χ2v) is 11.2. The number of fused-ring (bicyclic) bond motifs is 1. The number of alkyl halides is 2. The van der Waals surface area contributed by atoms with Gasteiger partial charge in [-0.25, -0.2) is 22.4 Å². The molecule has 11 heteroatoms. The molecular formula is C26H26F4N2O4S. The number of ketones is 1. The number of halogens is 4. The standard InChI is InChI=1S/C26H26F4N2O4S/c1-25(2,3)36-24(35)31-19-13-37-22-10-18(28)17(21(33)8-15-11-26(15,29)30)9-20(22)32(23(19)34)12-14-4-6-16(27)7-5-14/h4-7,9-10,15,19H,8,11-13H2,1-3H3,(H,31,35)/t15?,19-/m0/s1. The molecule has 1 aliphatic carbocycles. The predicted octanol–water partition coefficient (Wildman–Crippen LogP) is 5.73. The summed E-state index contributed by atoms with van der Waals surface area (Å²) in [6.07, 6.45) is -1.75. The fraction of sp³-hybridized carbons (Fsp3) is 0.423. The van der Waals surface area contributed by atoms with Crippen molar-refractivity contribution >= 4 is 35.2 Å². The predicted molar refractivity (Wildman–Crippen MR) is 130 cm³/mol. The first-order valence-electron chi connectivity index (χ1n) is 11.7. The normalized spacial score (nSPS) is 20.6. The Labute approximate surface area is 215 Å². The molecule has 0 spiro atoms. The highest BCUT2D eigenvalue weighted by atomic mass is 32.2. The van der Waals surface area contributed by atoms with Gasteiger partial charge in [0, 0.05) is 29.4 Å². The van der Waals surface area contributed by atoms with Crippen molar-refractivity contribution in [3.63, 3.8) is 0 Å². The molecule has 198 valence electrons. The fourth-order valence-electron chi connectivity index (χ4n) is 3.95. The summed E-state index contributed by atoms with van der Waals surface area (Å²) in [6, 6.07) is 6.62. The number of nitrogens with one attached hydrogen (secondary N) is 1. The van der Waals surface area contributed by atoms with Crippen LogP contribution in [0.3, 0.4) is 0 Å². The Morgan fingerprint density at radius 1 is 1.16 bits per heavy atom. The van der Waals surface area contributed by atoms with Crippen LogP contribution in [0.15, 0.2) is 41.3 Å². The minimum atomic E-state index is -2.93. The maximum absolute atomic E-state index is 15.0. The van der Waals surface area contributed by atoms with Gasteiger partial charge >= 0.3 is 6.09 Å². The summed E-state index contributed by atoms with van der Waals surface area (Å²) in [5.41, 5.74) is -0.463. The third-order valence-corrected chi connectivity index (χ3v) is 7.08. The second-order valence-electron chi connectivity index (χ2n) is 10.1. The van der Waals surface area contributed by atoms with Gasteiger partial charge in [0.1, 0.15) is 23.3 Å². The molecule has 4 rings (SSSR count). The molecule has 1 unspecified atom stereocenters. The number of alkyl carbamates (subject to hydrolysis) is 1. The third-order valence-electron chi connectivity index (χ3n) is 5.94. The minimum absolute atomic E-state index is 0.0476. The number of hydrogen-bond acceptors (Lipinski definition) is 5. The Morgan fingerprint density at radius 3 is 2.41 bits per heavy atom. The zero-order valence-electron chi connectivity index (χ0n) is 20.4. The van der Waals surface area contributed by atoms with Crippen LogP contribution in [0, 0.1) is 17.6 Å². The lowest BCUT2D eigenvalue weighted by Crippen LogP contribution is -2.50. The number of nitrogens with zero attached hydrogens (tertiary/aromatic N) is 1. The molecule has 0 radical (unpaired) electrons. The van der Waals surface area contributed by atoms with Gasteiger partial charge in [-0.1, -0.05) is 12.1 Å². The summed E-state index contributed by atoms with van der Waals surface area (Å²) in [7, 11) is 0. The number of carbonyl (C=O) groups excluding carboxylic acids is 3. The first kappa shape index (κ1) is 27.0. The molecule has 0 bridgehead atoms. The zero-order valence-corrected chi connectivity index (χ0v) is 21.3. The van der Waals surface area contributed by atoms with Crippen molar-refractivity contribution in [3.8, 4) is 0 Å². The number of hydrogen-bond donors (Lipinski definition) is 1. The first-order chi connectivity index (χ1) is 17.2. The van der Waals surface area contributed by atoms with Crippen LogP contribution in [0.5, 0.6) is 0 Å². The molecule has 6 nitrogen and oxygen atoms in total. The largest absolute Gasteiger partial charge is 0.444 e. The number of rotatable bonds is 6. The molecule has 0 aromatic heterocycles. The lowest BCUT2D eigenvalue weighted by atomic mass is 10.0. The average molecular weight is 539 g/mol. The Hall–Kier alpha value is -3.08. The van der Waals surface area contributed by atoms with E-state index in [1.807, 2.05) is 0 Å². The summed E-state index contributed by atoms with van der Waals surface area (Å²) >= 11 is 1.09. The van der Waals surface area contributed by atoms with Crippen LogP contribution in [0.1, 0.15) is 49.5 Å². The van der Waals surface area contributed by atoms with Gasteiger partial charge in [0.15, 0.2) is 5.78 Å². The van der Waals surface area contributed by atoms with Crippen LogP contribution in [-0.2, 0) is 16.1 Å². The maximum Gasteiger partial charge on any atom is 0.408 e. The summed E-state index contributed by atoms with van der Waals surface area (Å²) in [5, 5.41) is 2.54. The molecule has 2 atom stereocenters. The number of carbonyl (C=O) groups is 3. The summed E-state index contributed by atoms with van der Waals surface area (Å²) in [5.74, 6) is -6.71. The van der Waals surface area contributed by atoms with E-state index in [0.717, 1.165) is 17.8 Å². The molecule has 1 aliphatic heterocycles. The van der Waals surface area contributed by atoms with Crippen LogP contribution < -0.4 is 10.2 Å². The highest BCUT2D eigenvalue weighted by molar-refractivity contribution is 7.99. The number of amides is 2. The number of thioether (sulfide) groups is 1. The van der Waals surface area contributed by atoms with Gasteiger partial charge in [0.25, 0.3) is 11.8 Å². The molecule has 1 N–H and O–H groups in total. The Bertz CT molecular complexity index is 1230. The van der Waals surface area contributed by atoms with Crippen molar-refractivity contribution in [3.05, 3.63) is 59.2 Å². The second kappa shape index (κ2) is 10.00. The van der Waals surface area contributed by atoms with Gasteiger partial charge in [0.05, 0.1) is 17.8 Å². The molecular weight excluding hydrogens is 512 g/mol. The fourth-order valence-corrected chi connectivity index (χ4v) is 5.02. The molecule has 1 heterocycles. The monoisotopic (exact) mass is 538 g/mol. The number of ether oxygens (including phenoxy) is 1. The van der Waals surface area contributed by atoms with Gasteiger partial charge in [-0.05, 0) is 50.6 Å². The van der Waals surface area contributed by atoms with Gasteiger partial charge in [-0.2, -0.15) is 0 Å². The van der Waals surface area contributed by atoms with E-state index in [-0.39, 0.29) is 18.0 Å². The Balaban J connectivity index is 1.67. The van der Waals surface area contributed by atoms with Crippen LogP contribution >= 0.6 is 11.8 Å². The molecule has 1 fully saturated rings. The Morgan fingerprint density at radius 2 is 1.81 bits per heavy atom. The molecule has 37 heavy (non-hydrogen) atoms. The van der Waals surface area contributed by atoms with Crippen molar-refractivity contribution in [2.75, 3.05) is 10.7 Å². The molecule has 2 aromatic rings. The van der Waals surface area contributed by atoms with E-state index in [0.29, 0.717) is 10.5 Å². The number of benzene rings is 2. The van der Waals surface area contributed by atoms with E-state index in [9.17, 15) is 31.9 Å². The number of Topliss-reactive ketones (excluding diaryl/α,β-unsaturated/α-hetero) is 1. The van der Waals surface area contributed by atoms with Crippen LogP contribution in [0.2, 0.25) is 0 Å². The quantitative estimate of drug-likeness (QED) is 0.376. The molecule has 2 aliphatic rings. The van der Waals surface area contributed by atoms with Gasteiger partial charge in [-0.3, -0.25) is 9.59 Å². The summed E-state index contributed by atoms with van der Waals surface area (Å²) in [6.45, 7) is 4.95.